The SMILES string of the molecule is COC(=O)C12CCC(C)(C(=O)O)CC1C1=CCC3C4(C)CC(OC(C)=O)C(O)C(C)(C)C4CCC3(C)C1(C)CC2. The first-order chi connectivity index (χ1) is 18.4. The number of hydrogen-bond donors (Lipinski definition) is 2. The molecule has 0 aromatic carbocycles. The molecule has 0 spiro atoms. The van der Waals surface area contributed by atoms with Crippen molar-refractivity contribution in [1.82, 2.24) is 0 Å². The summed E-state index contributed by atoms with van der Waals surface area (Å²) in [6.45, 7) is 14.7. The van der Waals surface area contributed by atoms with Crippen LogP contribution in [0.5, 0.6) is 0 Å². The molecule has 0 heterocycles. The number of ether oxygens (including phenoxy) is 2. The molecule has 5 aliphatic rings. The lowest BCUT2D eigenvalue weighted by molar-refractivity contribution is -0.237. The lowest BCUT2D eigenvalue weighted by Crippen LogP contribution is -2.67. The third kappa shape index (κ3) is 3.67. The molecular formula is C33H50O7. The Kier molecular flexibility index (Phi) is 6.70. The predicted octanol–water partition coefficient (Wildman–Crippen LogP) is 5.93. The van der Waals surface area contributed by atoms with E-state index in [-0.39, 0.29) is 40.0 Å². The second-order valence-electron chi connectivity index (χ2n) is 15.7. The van der Waals surface area contributed by atoms with Crippen LogP contribution >= 0.6 is 0 Å². The molecule has 0 aromatic rings. The minimum Gasteiger partial charge on any atom is -0.481 e. The van der Waals surface area contributed by atoms with Crippen molar-refractivity contribution in [3.8, 4) is 0 Å². The highest BCUT2D eigenvalue weighted by atomic mass is 16.6. The maximum atomic E-state index is 13.4. The Hall–Kier alpha value is -1.89. The van der Waals surface area contributed by atoms with Crippen LogP contribution in [0.15, 0.2) is 11.6 Å². The number of aliphatic carboxylic acids is 1. The van der Waals surface area contributed by atoms with Crippen LogP contribution in [-0.4, -0.2) is 47.4 Å². The normalized spacial score (nSPS) is 49.2. The lowest BCUT2D eigenvalue weighted by Gasteiger charge is -2.71. The summed E-state index contributed by atoms with van der Waals surface area (Å²) in [5.41, 5.74) is -1.11. The zero-order chi connectivity index (χ0) is 29.7. The summed E-state index contributed by atoms with van der Waals surface area (Å²) in [7, 11) is 1.46. The number of fused-ring (bicyclic) bond motifs is 7. The average Bonchev–Trinajstić information content (AvgIpc) is 2.86. The molecule has 7 nitrogen and oxygen atoms in total. The van der Waals surface area contributed by atoms with Gasteiger partial charge in [0.25, 0.3) is 0 Å². The molecule has 0 aliphatic heterocycles. The van der Waals surface area contributed by atoms with Gasteiger partial charge < -0.3 is 19.7 Å². The zero-order valence-corrected chi connectivity index (χ0v) is 25.8. The Balaban J connectivity index is 1.61. The number of hydrogen-bond acceptors (Lipinski definition) is 6. The van der Waals surface area contributed by atoms with Crippen molar-refractivity contribution in [2.45, 2.75) is 118 Å². The van der Waals surface area contributed by atoms with Crippen LogP contribution < -0.4 is 0 Å². The van der Waals surface area contributed by atoms with Crippen LogP contribution in [0, 0.1) is 50.2 Å². The average molecular weight is 559 g/mol. The van der Waals surface area contributed by atoms with E-state index >= 15 is 0 Å². The lowest BCUT2D eigenvalue weighted by atomic mass is 9.33. The zero-order valence-electron chi connectivity index (χ0n) is 25.8. The highest BCUT2D eigenvalue weighted by molar-refractivity contribution is 5.80. The number of rotatable bonds is 3. The molecule has 5 rings (SSSR count). The van der Waals surface area contributed by atoms with Gasteiger partial charge in [-0.05, 0) is 104 Å². The summed E-state index contributed by atoms with van der Waals surface area (Å²) >= 11 is 0. The number of methoxy groups -OCH3 is 1. The van der Waals surface area contributed by atoms with E-state index in [4.69, 9.17) is 9.47 Å². The molecule has 224 valence electrons. The van der Waals surface area contributed by atoms with Gasteiger partial charge in [-0.2, -0.15) is 0 Å². The summed E-state index contributed by atoms with van der Waals surface area (Å²) in [5.74, 6) is -0.911. The van der Waals surface area contributed by atoms with Gasteiger partial charge in [-0.25, -0.2) is 0 Å². The van der Waals surface area contributed by atoms with E-state index in [0.29, 0.717) is 38.0 Å². The van der Waals surface area contributed by atoms with Crippen molar-refractivity contribution in [3.05, 3.63) is 11.6 Å². The van der Waals surface area contributed by atoms with Crippen LogP contribution in [0.4, 0.5) is 0 Å². The summed E-state index contributed by atoms with van der Waals surface area (Å²) < 4.78 is 11.2. The monoisotopic (exact) mass is 558 g/mol. The highest BCUT2D eigenvalue weighted by Gasteiger charge is 2.70. The number of carboxylic acids is 1. The van der Waals surface area contributed by atoms with E-state index in [0.717, 1.165) is 25.7 Å². The first kappa shape index (κ1) is 29.6. The molecular weight excluding hydrogens is 508 g/mol. The molecule has 0 bridgehead atoms. The first-order valence-electron chi connectivity index (χ1n) is 15.3. The van der Waals surface area contributed by atoms with Crippen molar-refractivity contribution in [2.24, 2.45) is 50.2 Å². The Bertz CT molecular complexity index is 1140. The largest absolute Gasteiger partial charge is 0.481 e. The molecule has 2 N–H and O–H groups in total. The fourth-order valence-electron chi connectivity index (χ4n) is 11.3. The maximum absolute atomic E-state index is 13.4. The maximum Gasteiger partial charge on any atom is 0.312 e. The molecule has 10 unspecified atom stereocenters. The van der Waals surface area contributed by atoms with E-state index in [9.17, 15) is 24.6 Å². The highest BCUT2D eigenvalue weighted by Crippen LogP contribution is 2.76. The van der Waals surface area contributed by atoms with Gasteiger partial charge in [0.1, 0.15) is 6.10 Å². The standard InChI is InChI=1S/C33H50O7/c1-19(34)40-22-18-30(5)23(28(2,3)25(22)35)11-12-32(7)24(30)10-9-20-21-17-29(4,26(36)37)13-15-33(21,27(38)39-8)16-14-31(20,32)6/h9,21-25,35H,10-18H2,1-8H3,(H,36,37). The van der Waals surface area contributed by atoms with Crippen molar-refractivity contribution in [1.29, 1.82) is 0 Å². The quantitative estimate of drug-likeness (QED) is 0.326. The first-order valence-corrected chi connectivity index (χ1v) is 15.3. The van der Waals surface area contributed by atoms with Crippen LogP contribution in [-0.2, 0) is 23.9 Å². The van der Waals surface area contributed by atoms with Crippen LogP contribution in [0.25, 0.3) is 0 Å². The molecule has 4 fully saturated rings. The fourth-order valence-corrected chi connectivity index (χ4v) is 11.3. The number of esters is 2. The van der Waals surface area contributed by atoms with Gasteiger partial charge in [-0.15, -0.1) is 0 Å². The number of aliphatic hydroxyl groups excluding tert-OH is 1. The Morgan fingerprint density at radius 3 is 2.17 bits per heavy atom. The second kappa shape index (κ2) is 9.05. The minimum atomic E-state index is -0.872. The van der Waals surface area contributed by atoms with Crippen LogP contribution in [0.2, 0.25) is 0 Å². The van der Waals surface area contributed by atoms with E-state index in [1.807, 2.05) is 6.92 Å². The molecule has 4 saturated carbocycles. The van der Waals surface area contributed by atoms with E-state index in [1.165, 1.54) is 19.6 Å². The minimum absolute atomic E-state index is 0.0825. The molecule has 0 saturated heterocycles. The molecule has 7 heteroatoms. The van der Waals surface area contributed by atoms with Gasteiger partial charge in [-0.1, -0.05) is 46.3 Å². The Morgan fingerprint density at radius 2 is 1.57 bits per heavy atom. The molecule has 0 radical (unpaired) electrons. The molecule has 0 amide bonds. The third-order valence-corrected chi connectivity index (χ3v) is 13.8. The summed E-state index contributed by atoms with van der Waals surface area (Å²) in [6, 6.07) is 0. The Morgan fingerprint density at radius 1 is 0.925 bits per heavy atom. The van der Waals surface area contributed by atoms with Gasteiger partial charge in [0, 0.05) is 6.92 Å². The van der Waals surface area contributed by atoms with Gasteiger partial charge in [0.05, 0.1) is 24.0 Å². The third-order valence-electron chi connectivity index (χ3n) is 13.8. The van der Waals surface area contributed by atoms with Crippen molar-refractivity contribution >= 4 is 17.9 Å². The molecule has 40 heavy (non-hydrogen) atoms. The number of carbonyl (C=O) groups excluding carboxylic acids is 2. The molecule has 10 atom stereocenters. The summed E-state index contributed by atoms with van der Waals surface area (Å²) in [4.78, 5) is 37.9. The predicted molar refractivity (Wildman–Crippen MR) is 150 cm³/mol. The van der Waals surface area contributed by atoms with E-state index in [1.54, 1.807) is 0 Å². The van der Waals surface area contributed by atoms with Gasteiger partial charge in [-0.3, -0.25) is 14.4 Å². The van der Waals surface area contributed by atoms with Gasteiger partial charge in [0.2, 0.25) is 0 Å². The molecule has 5 aliphatic carbocycles. The van der Waals surface area contributed by atoms with Crippen molar-refractivity contribution in [3.63, 3.8) is 0 Å². The summed E-state index contributed by atoms with van der Waals surface area (Å²) in [6.07, 6.45) is 7.61. The van der Waals surface area contributed by atoms with E-state index in [2.05, 4.69) is 40.7 Å². The molecule has 0 aromatic heterocycles. The second-order valence-corrected chi connectivity index (χ2v) is 15.7. The van der Waals surface area contributed by atoms with Gasteiger partial charge in [0.15, 0.2) is 0 Å². The number of carboxylic acid groups (broad SMARTS) is 1. The van der Waals surface area contributed by atoms with Crippen LogP contribution in [0.3, 0.4) is 0 Å². The smallest absolute Gasteiger partial charge is 0.312 e. The number of carbonyl (C=O) groups is 3. The topological polar surface area (TPSA) is 110 Å². The Labute approximate surface area is 239 Å². The fraction of sp³-hybridized carbons (Fsp3) is 0.848. The van der Waals surface area contributed by atoms with Crippen molar-refractivity contribution < 1.29 is 34.1 Å². The van der Waals surface area contributed by atoms with E-state index < -0.39 is 34.4 Å². The van der Waals surface area contributed by atoms with Crippen LogP contribution in [0.1, 0.15) is 106 Å². The van der Waals surface area contributed by atoms with Gasteiger partial charge >= 0.3 is 17.9 Å². The number of aliphatic hydroxyl groups is 1. The number of allylic oxidation sites excluding steroid dienone is 2. The summed E-state index contributed by atoms with van der Waals surface area (Å²) in [5, 5.41) is 21.5. The van der Waals surface area contributed by atoms with Crippen molar-refractivity contribution in [2.75, 3.05) is 7.11 Å².